The summed E-state index contributed by atoms with van der Waals surface area (Å²) in [6.45, 7) is 16.1. The summed E-state index contributed by atoms with van der Waals surface area (Å²) in [4.78, 5) is 9.80. The fraction of sp³-hybridized carbons (Fsp3) is 0.944. The Labute approximate surface area is 165 Å². The van der Waals surface area contributed by atoms with Crippen LogP contribution in [0.2, 0.25) is 0 Å². The van der Waals surface area contributed by atoms with Crippen LogP contribution in [0.1, 0.15) is 46.5 Å². The van der Waals surface area contributed by atoms with Crippen LogP contribution in [0.3, 0.4) is 0 Å². The molecule has 1 unspecified atom stereocenters. The van der Waals surface area contributed by atoms with Gasteiger partial charge in [-0.2, -0.15) is 0 Å². The van der Waals surface area contributed by atoms with Crippen LogP contribution in [-0.2, 0) is 4.74 Å². The molecule has 0 amide bonds. The summed E-state index contributed by atoms with van der Waals surface area (Å²) in [7, 11) is 0. The Morgan fingerprint density at radius 1 is 1.21 bits per heavy atom. The lowest BCUT2D eigenvalue weighted by molar-refractivity contribution is 0.156. The minimum absolute atomic E-state index is 0. The number of guanidine groups is 1. The van der Waals surface area contributed by atoms with Gasteiger partial charge in [0, 0.05) is 38.2 Å². The molecule has 142 valence electrons. The number of hydrogen-bond donors (Lipinski definition) is 1. The van der Waals surface area contributed by atoms with Gasteiger partial charge in [0.15, 0.2) is 5.96 Å². The smallest absolute Gasteiger partial charge is 0.193 e. The minimum Gasteiger partial charge on any atom is -0.381 e. The van der Waals surface area contributed by atoms with E-state index >= 15 is 0 Å². The lowest BCUT2D eigenvalue weighted by Crippen LogP contribution is -2.41. The summed E-state index contributed by atoms with van der Waals surface area (Å²) >= 11 is 0. The topological polar surface area (TPSA) is 40.1 Å². The first kappa shape index (κ1) is 22.0. The minimum atomic E-state index is 0. The molecule has 2 saturated heterocycles. The van der Waals surface area contributed by atoms with E-state index in [0.717, 1.165) is 58.4 Å². The summed E-state index contributed by atoms with van der Waals surface area (Å²) in [6, 6.07) is 0. The fourth-order valence-corrected chi connectivity index (χ4v) is 3.69. The molecule has 0 aromatic heterocycles. The molecule has 0 aromatic rings. The molecule has 1 atom stereocenters. The van der Waals surface area contributed by atoms with Crippen molar-refractivity contribution in [2.45, 2.75) is 46.5 Å². The maximum atomic E-state index is 5.64. The van der Waals surface area contributed by atoms with Crippen LogP contribution in [0, 0.1) is 5.41 Å². The van der Waals surface area contributed by atoms with E-state index < -0.39 is 0 Å². The molecule has 6 heteroatoms. The average molecular weight is 452 g/mol. The molecule has 0 aliphatic carbocycles. The van der Waals surface area contributed by atoms with Crippen molar-refractivity contribution < 1.29 is 4.74 Å². The predicted octanol–water partition coefficient (Wildman–Crippen LogP) is 2.80. The number of ether oxygens (including phenoxy) is 1. The third-order valence-corrected chi connectivity index (χ3v) is 5.30. The van der Waals surface area contributed by atoms with Gasteiger partial charge in [0.25, 0.3) is 0 Å². The Hall–Kier alpha value is -0.0800. The fourth-order valence-electron chi connectivity index (χ4n) is 3.69. The molecule has 1 spiro atoms. The second kappa shape index (κ2) is 11.5. The molecule has 2 heterocycles. The number of unbranched alkanes of at least 4 members (excludes halogenated alkanes) is 1. The van der Waals surface area contributed by atoms with Gasteiger partial charge in [-0.3, -0.25) is 4.99 Å². The number of hydrogen-bond acceptors (Lipinski definition) is 3. The van der Waals surface area contributed by atoms with Crippen molar-refractivity contribution in [2.24, 2.45) is 10.4 Å². The van der Waals surface area contributed by atoms with Gasteiger partial charge < -0.3 is 19.9 Å². The molecule has 2 aliphatic heterocycles. The van der Waals surface area contributed by atoms with E-state index in [4.69, 9.17) is 9.73 Å². The number of nitrogens with one attached hydrogen (secondary N) is 1. The predicted molar refractivity (Wildman–Crippen MR) is 112 cm³/mol. The second-order valence-electron chi connectivity index (χ2n) is 6.94. The Bertz CT molecular complexity index is 368. The van der Waals surface area contributed by atoms with Crippen LogP contribution in [0.15, 0.2) is 4.99 Å². The molecular weight excluding hydrogens is 415 g/mol. The average Bonchev–Trinajstić information content (AvgIpc) is 3.20. The first-order chi connectivity index (χ1) is 11.2. The van der Waals surface area contributed by atoms with E-state index in [-0.39, 0.29) is 24.0 Å². The van der Waals surface area contributed by atoms with E-state index in [0.29, 0.717) is 5.41 Å². The van der Waals surface area contributed by atoms with Gasteiger partial charge >= 0.3 is 0 Å². The molecule has 2 fully saturated rings. The molecule has 0 aromatic carbocycles. The second-order valence-corrected chi connectivity index (χ2v) is 6.94. The Morgan fingerprint density at radius 2 is 2.00 bits per heavy atom. The van der Waals surface area contributed by atoms with Gasteiger partial charge in [-0.25, -0.2) is 0 Å². The summed E-state index contributed by atoms with van der Waals surface area (Å²) in [5, 5.41) is 3.48. The number of likely N-dealkylation sites (tertiary alicyclic amines) is 1. The molecule has 2 aliphatic rings. The highest BCUT2D eigenvalue weighted by Gasteiger charge is 2.42. The van der Waals surface area contributed by atoms with Gasteiger partial charge in [0.05, 0.1) is 6.61 Å². The van der Waals surface area contributed by atoms with Crippen LogP contribution >= 0.6 is 24.0 Å². The number of rotatable bonds is 8. The van der Waals surface area contributed by atoms with Crippen LogP contribution in [0.5, 0.6) is 0 Å². The Morgan fingerprint density at radius 3 is 2.62 bits per heavy atom. The van der Waals surface area contributed by atoms with Gasteiger partial charge in [-0.1, -0.05) is 13.8 Å². The number of nitrogens with zero attached hydrogens (tertiary/aromatic N) is 3. The standard InChI is InChI=1S/C18H36N4O.HI/c1-4-19-17(20-11-7-8-12-21(5-2)6-3)22-13-9-18(15-22)10-14-23-16-18;/h4-16H2,1-3H3,(H,19,20);1H. The van der Waals surface area contributed by atoms with Crippen molar-refractivity contribution in [1.82, 2.24) is 15.1 Å². The van der Waals surface area contributed by atoms with Crippen molar-refractivity contribution >= 4 is 29.9 Å². The molecule has 0 bridgehead atoms. The largest absolute Gasteiger partial charge is 0.381 e. The molecule has 0 radical (unpaired) electrons. The third-order valence-electron chi connectivity index (χ3n) is 5.30. The van der Waals surface area contributed by atoms with Crippen molar-refractivity contribution in [1.29, 1.82) is 0 Å². The van der Waals surface area contributed by atoms with E-state index in [9.17, 15) is 0 Å². The van der Waals surface area contributed by atoms with E-state index in [1.807, 2.05) is 0 Å². The quantitative estimate of drug-likeness (QED) is 0.266. The highest BCUT2D eigenvalue weighted by Crippen LogP contribution is 2.38. The Kier molecular flexibility index (Phi) is 10.5. The summed E-state index contributed by atoms with van der Waals surface area (Å²) in [6.07, 6.45) is 4.88. The molecule has 2 rings (SSSR count). The first-order valence-electron chi connectivity index (χ1n) is 9.56. The highest BCUT2D eigenvalue weighted by molar-refractivity contribution is 14.0. The molecule has 0 saturated carbocycles. The van der Waals surface area contributed by atoms with E-state index in [1.165, 1.54) is 32.2 Å². The lowest BCUT2D eigenvalue weighted by atomic mass is 9.87. The van der Waals surface area contributed by atoms with Crippen LogP contribution < -0.4 is 5.32 Å². The summed E-state index contributed by atoms with van der Waals surface area (Å²) in [5.41, 5.74) is 0.402. The van der Waals surface area contributed by atoms with Gasteiger partial charge in [0.2, 0.25) is 0 Å². The monoisotopic (exact) mass is 452 g/mol. The van der Waals surface area contributed by atoms with Crippen LogP contribution in [-0.4, -0.2) is 74.8 Å². The van der Waals surface area contributed by atoms with E-state index in [2.05, 4.69) is 35.9 Å². The zero-order valence-corrected chi connectivity index (χ0v) is 18.2. The zero-order chi connectivity index (χ0) is 16.5. The summed E-state index contributed by atoms with van der Waals surface area (Å²) in [5.74, 6) is 1.11. The SMILES string of the molecule is CCNC(=NCCCCN(CC)CC)N1CCC2(CCOC2)C1.I. The number of halogens is 1. The maximum Gasteiger partial charge on any atom is 0.193 e. The molecule has 5 nitrogen and oxygen atoms in total. The van der Waals surface area contributed by atoms with Gasteiger partial charge in [0.1, 0.15) is 0 Å². The van der Waals surface area contributed by atoms with Crippen molar-refractivity contribution in [3.63, 3.8) is 0 Å². The van der Waals surface area contributed by atoms with Gasteiger partial charge in [-0.05, 0) is 52.2 Å². The first-order valence-corrected chi connectivity index (χ1v) is 9.56. The van der Waals surface area contributed by atoms with E-state index in [1.54, 1.807) is 0 Å². The summed E-state index contributed by atoms with van der Waals surface area (Å²) < 4.78 is 5.64. The van der Waals surface area contributed by atoms with Gasteiger partial charge in [-0.15, -0.1) is 24.0 Å². The normalized spacial score (nSPS) is 24.0. The molecular formula is C18H37IN4O. The third kappa shape index (κ3) is 6.33. The van der Waals surface area contributed by atoms with Crippen LogP contribution in [0.25, 0.3) is 0 Å². The number of aliphatic imine (C=N–C) groups is 1. The van der Waals surface area contributed by atoms with Crippen molar-refractivity contribution in [3.05, 3.63) is 0 Å². The Balaban J connectivity index is 0.00000288. The molecule has 1 N–H and O–H groups in total. The zero-order valence-electron chi connectivity index (χ0n) is 15.9. The van der Waals surface area contributed by atoms with Crippen molar-refractivity contribution in [2.75, 3.05) is 59.0 Å². The highest BCUT2D eigenvalue weighted by atomic mass is 127. The lowest BCUT2D eigenvalue weighted by Gasteiger charge is -2.25. The van der Waals surface area contributed by atoms with Crippen LogP contribution in [0.4, 0.5) is 0 Å². The maximum absolute atomic E-state index is 5.64. The van der Waals surface area contributed by atoms with Crippen molar-refractivity contribution in [3.8, 4) is 0 Å². The molecule has 24 heavy (non-hydrogen) atoms.